The molecule has 2 atom stereocenters. The lowest BCUT2D eigenvalue weighted by Gasteiger charge is -2.39. The molecule has 2 unspecified atom stereocenters. The third-order valence-corrected chi connectivity index (χ3v) is 9.07. The minimum absolute atomic E-state index is 0.0571. The van der Waals surface area contributed by atoms with Gasteiger partial charge in [-0.15, -0.1) is 0 Å². The van der Waals surface area contributed by atoms with Crippen molar-refractivity contribution in [3.05, 3.63) is 89.0 Å². The molecule has 2 aromatic rings. The van der Waals surface area contributed by atoms with Gasteiger partial charge >= 0.3 is 5.97 Å². The topological polar surface area (TPSA) is 88.1 Å². The van der Waals surface area contributed by atoms with Gasteiger partial charge in [0.15, 0.2) is 6.10 Å². The summed E-state index contributed by atoms with van der Waals surface area (Å²) >= 11 is 0. The SMILES string of the molecule is CC(C)c1cc(C(C)C)c(S(=O)(=O)OCC(OC(=O)c2ccccc2)C2(C3C=CC=CC3)OCCO2)c(C(C)C)c1. The second-order valence-corrected chi connectivity index (χ2v) is 13.1. The van der Waals surface area contributed by atoms with E-state index in [-0.39, 0.29) is 41.8 Å². The van der Waals surface area contributed by atoms with Gasteiger partial charge in [0.05, 0.1) is 18.8 Å². The molecule has 2 aromatic carbocycles. The Morgan fingerprint density at radius 2 is 1.54 bits per heavy atom. The van der Waals surface area contributed by atoms with Crippen molar-refractivity contribution in [1.29, 1.82) is 0 Å². The molecule has 222 valence electrons. The predicted molar refractivity (Wildman–Crippen MR) is 159 cm³/mol. The number of carbonyl (C=O) groups excluding carboxylic acids is 1. The molecule has 41 heavy (non-hydrogen) atoms. The highest BCUT2D eigenvalue weighted by Crippen LogP contribution is 2.40. The van der Waals surface area contributed by atoms with Gasteiger partial charge in [-0.3, -0.25) is 4.18 Å². The number of ether oxygens (including phenoxy) is 3. The maximum Gasteiger partial charge on any atom is 0.338 e. The van der Waals surface area contributed by atoms with Gasteiger partial charge in [0.25, 0.3) is 10.1 Å². The molecule has 0 amide bonds. The number of esters is 1. The molecule has 1 aliphatic heterocycles. The Labute approximate surface area is 244 Å². The Morgan fingerprint density at radius 1 is 0.927 bits per heavy atom. The maximum absolute atomic E-state index is 14.1. The van der Waals surface area contributed by atoms with Crippen molar-refractivity contribution in [2.45, 2.75) is 82.5 Å². The van der Waals surface area contributed by atoms with Gasteiger partial charge in [0.2, 0.25) is 5.79 Å². The second kappa shape index (κ2) is 13.0. The van der Waals surface area contributed by atoms with Crippen LogP contribution in [0.15, 0.2) is 71.7 Å². The number of benzene rings is 2. The fraction of sp³-hybridized carbons (Fsp3) is 0.485. The summed E-state index contributed by atoms with van der Waals surface area (Å²) in [6.07, 6.45) is 7.14. The summed E-state index contributed by atoms with van der Waals surface area (Å²) in [6.45, 7) is 12.2. The predicted octanol–water partition coefficient (Wildman–Crippen LogP) is 6.86. The van der Waals surface area contributed by atoms with Gasteiger partial charge in [0.1, 0.15) is 11.5 Å². The van der Waals surface area contributed by atoms with E-state index >= 15 is 0 Å². The zero-order chi connectivity index (χ0) is 29.8. The van der Waals surface area contributed by atoms with Gasteiger partial charge in [-0.25, -0.2) is 4.79 Å². The van der Waals surface area contributed by atoms with E-state index in [1.54, 1.807) is 30.3 Å². The summed E-state index contributed by atoms with van der Waals surface area (Å²) in [5.41, 5.74) is 2.83. The second-order valence-electron chi connectivity index (χ2n) is 11.6. The Hall–Kier alpha value is -2.78. The monoisotopic (exact) mass is 582 g/mol. The van der Waals surface area contributed by atoms with Crippen molar-refractivity contribution in [3.63, 3.8) is 0 Å². The summed E-state index contributed by atoms with van der Waals surface area (Å²) in [5.74, 6) is -2.20. The first kappa shape index (κ1) is 31.2. The van der Waals surface area contributed by atoms with E-state index in [0.29, 0.717) is 23.1 Å². The van der Waals surface area contributed by atoms with Crippen LogP contribution in [0.5, 0.6) is 0 Å². The number of rotatable bonds is 11. The average Bonchev–Trinajstić information content (AvgIpc) is 3.46. The summed E-state index contributed by atoms with van der Waals surface area (Å²) in [6, 6.07) is 12.5. The third kappa shape index (κ3) is 6.83. The summed E-state index contributed by atoms with van der Waals surface area (Å²) in [7, 11) is -4.27. The van der Waals surface area contributed by atoms with Crippen LogP contribution in [0.25, 0.3) is 0 Å². The first-order valence-electron chi connectivity index (χ1n) is 14.4. The summed E-state index contributed by atoms with van der Waals surface area (Å²) in [4.78, 5) is 13.4. The van der Waals surface area contributed by atoms with Crippen molar-refractivity contribution in [3.8, 4) is 0 Å². The highest BCUT2D eigenvalue weighted by atomic mass is 32.2. The van der Waals surface area contributed by atoms with Crippen molar-refractivity contribution in [2.75, 3.05) is 19.8 Å². The van der Waals surface area contributed by atoms with Crippen LogP contribution < -0.4 is 0 Å². The van der Waals surface area contributed by atoms with E-state index in [1.807, 2.05) is 64.1 Å². The van der Waals surface area contributed by atoms with E-state index in [4.69, 9.17) is 18.4 Å². The lowest BCUT2D eigenvalue weighted by Crippen LogP contribution is -2.53. The summed E-state index contributed by atoms with van der Waals surface area (Å²) < 4.78 is 52.2. The maximum atomic E-state index is 14.1. The smallest absolute Gasteiger partial charge is 0.338 e. The van der Waals surface area contributed by atoms with Gasteiger partial charge in [-0.1, -0.05) is 96.2 Å². The number of carbonyl (C=O) groups is 1. The number of allylic oxidation sites excluding steroid dienone is 3. The molecule has 4 rings (SSSR count). The van der Waals surface area contributed by atoms with Crippen LogP contribution in [0, 0.1) is 5.92 Å². The van der Waals surface area contributed by atoms with E-state index in [2.05, 4.69) is 13.8 Å². The molecule has 0 N–H and O–H groups in total. The summed E-state index contributed by atoms with van der Waals surface area (Å²) in [5, 5.41) is 0. The number of hydrogen-bond donors (Lipinski definition) is 0. The zero-order valence-electron chi connectivity index (χ0n) is 24.8. The first-order valence-corrected chi connectivity index (χ1v) is 15.8. The van der Waals surface area contributed by atoms with Crippen LogP contribution in [0.4, 0.5) is 0 Å². The highest BCUT2D eigenvalue weighted by molar-refractivity contribution is 7.86. The van der Waals surface area contributed by atoms with E-state index < -0.39 is 34.6 Å². The normalized spacial score (nSPS) is 19.3. The van der Waals surface area contributed by atoms with E-state index in [1.165, 1.54) is 0 Å². The van der Waals surface area contributed by atoms with Gasteiger partial charge in [-0.05, 0) is 53.0 Å². The van der Waals surface area contributed by atoms with Crippen LogP contribution in [0.2, 0.25) is 0 Å². The Morgan fingerprint density at radius 3 is 2.05 bits per heavy atom. The van der Waals surface area contributed by atoms with Crippen molar-refractivity contribution >= 4 is 16.1 Å². The van der Waals surface area contributed by atoms with Crippen LogP contribution in [-0.4, -0.2) is 46.1 Å². The molecule has 0 saturated carbocycles. The minimum Gasteiger partial charge on any atom is -0.450 e. The Kier molecular flexibility index (Phi) is 9.90. The average molecular weight is 583 g/mol. The largest absolute Gasteiger partial charge is 0.450 e. The van der Waals surface area contributed by atoms with Crippen LogP contribution in [-0.2, 0) is 28.5 Å². The van der Waals surface area contributed by atoms with E-state index in [9.17, 15) is 13.2 Å². The molecule has 0 bridgehead atoms. The molecule has 0 aromatic heterocycles. The van der Waals surface area contributed by atoms with Crippen LogP contribution >= 0.6 is 0 Å². The molecule has 1 saturated heterocycles. The fourth-order valence-corrected chi connectivity index (χ4v) is 6.94. The molecule has 1 aliphatic carbocycles. The molecular weight excluding hydrogens is 540 g/mol. The molecule has 1 heterocycles. The molecule has 2 aliphatic rings. The van der Waals surface area contributed by atoms with Crippen molar-refractivity contribution < 1.29 is 31.6 Å². The van der Waals surface area contributed by atoms with Crippen LogP contribution in [0.1, 0.15) is 92.8 Å². The molecule has 7 nitrogen and oxygen atoms in total. The molecular formula is C33H42O7S. The fourth-order valence-electron chi connectivity index (χ4n) is 5.35. The number of hydrogen-bond acceptors (Lipinski definition) is 7. The standard InChI is InChI=1S/C33H42O7S/c1-22(2)26-19-28(23(3)4)31(29(20-26)24(5)6)41(35,36)39-21-30(40-32(34)25-13-9-7-10-14-25)33(37-17-18-38-33)27-15-11-8-12-16-27/h7-15,19-20,22-24,27,30H,16-18,21H2,1-6H3. The lowest BCUT2D eigenvalue weighted by atomic mass is 9.87. The quantitative estimate of drug-likeness (QED) is 0.211. The van der Waals surface area contributed by atoms with Crippen LogP contribution in [0.3, 0.4) is 0 Å². The van der Waals surface area contributed by atoms with Crippen molar-refractivity contribution in [2.24, 2.45) is 5.92 Å². The van der Waals surface area contributed by atoms with E-state index in [0.717, 1.165) is 5.56 Å². The Balaban J connectivity index is 1.74. The molecule has 0 spiro atoms. The lowest BCUT2D eigenvalue weighted by molar-refractivity contribution is -0.247. The molecule has 8 heteroatoms. The first-order chi connectivity index (χ1) is 19.5. The minimum atomic E-state index is -4.27. The Bertz CT molecular complexity index is 1340. The zero-order valence-corrected chi connectivity index (χ0v) is 25.6. The molecule has 0 radical (unpaired) electrons. The van der Waals surface area contributed by atoms with Gasteiger partial charge < -0.3 is 14.2 Å². The highest BCUT2D eigenvalue weighted by Gasteiger charge is 2.53. The van der Waals surface area contributed by atoms with Crippen molar-refractivity contribution in [1.82, 2.24) is 0 Å². The molecule has 1 fully saturated rings. The third-order valence-electron chi connectivity index (χ3n) is 7.65. The van der Waals surface area contributed by atoms with Gasteiger partial charge in [0, 0.05) is 5.92 Å². The van der Waals surface area contributed by atoms with Gasteiger partial charge in [-0.2, -0.15) is 8.42 Å².